The summed E-state index contributed by atoms with van der Waals surface area (Å²) >= 11 is 0. The molecule has 10 heteroatoms. The summed E-state index contributed by atoms with van der Waals surface area (Å²) in [6.45, 7) is 8.89. The maximum atomic E-state index is 11.2. The highest BCUT2D eigenvalue weighted by molar-refractivity contribution is 5.81. The van der Waals surface area contributed by atoms with Gasteiger partial charge in [-0.2, -0.15) is 0 Å². The quantitative estimate of drug-likeness (QED) is 0.182. The molecule has 0 aliphatic rings. The van der Waals surface area contributed by atoms with Crippen molar-refractivity contribution >= 4 is 11.9 Å². The monoisotopic (exact) mass is 544 g/mol. The Kier molecular flexibility index (Phi) is 12.6. The fourth-order valence-electron chi connectivity index (χ4n) is 3.87. The molecule has 212 valence electrons. The number of aryl methyl sites for hydroxylation is 2. The Morgan fingerprint density at radius 3 is 1.46 bits per heavy atom. The molecule has 0 spiro atoms. The third-order valence-electron chi connectivity index (χ3n) is 5.58. The van der Waals surface area contributed by atoms with Crippen molar-refractivity contribution in [1.82, 2.24) is 0 Å². The number of aliphatic hydroxyl groups excluding tert-OH is 4. The Labute approximate surface area is 227 Å². The van der Waals surface area contributed by atoms with Crippen molar-refractivity contribution in [3.05, 3.63) is 83.0 Å². The van der Waals surface area contributed by atoms with Gasteiger partial charge in [-0.1, -0.05) is 25.3 Å². The van der Waals surface area contributed by atoms with Gasteiger partial charge in [0.25, 0.3) is 0 Å². The van der Waals surface area contributed by atoms with Gasteiger partial charge in [0, 0.05) is 23.3 Å². The van der Waals surface area contributed by atoms with Crippen LogP contribution in [0, 0.1) is 13.8 Å². The molecule has 2 aromatic carbocycles. The van der Waals surface area contributed by atoms with E-state index in [-0.39, 0.29) is 39.6 Å². The molecule has 0 aliphatic heterocycles. The van der Waals surface area contributed by atoms with Gasteiger partial charge in [0.1, 0.15) is 50.1 Å². The molecule has 0 heterocycles. The van der Waals surface area contributed by atoms with E-state index in [2.05, 4.69) is 13.2 Å². The van der Waals surface area contributed by atoms with Crippen LogP contribution in [0.3, 0.4) is 0 Å². The molecule has 0 aromatic heterocycles. The molecular weight excluding hydrogens is 508 g/mol. The van der Waals surface area contributed by atoms with Crippen LogP contribution in [-0.4, -0.2) is 71.0 Å². The van der Waals surface area contributed by atoms with E-state index in [0.717, 1.165) is 34.4 Å². The fraction of sp³-hybridized carbons (Fsp3) is 0.379. The number of rotatable bonds is 16. The second-order valence-electron chi connectivity index (χ2n) is 8.89. The predicted octanol–water partition coefficient (Wildman–Crippen LogP) is 1.82. The van der Waals surface area contributed by atoms with Crippen LogP contribution in [0.15, 0.2) is 49.6 Å². The lowest BCUT2D eigenvalue weighted by molar-refractivity contribution is -0.142. The zero-order valence-electron chi connectivity index (χ0n) is 22.2. The second-order valence-corrected chi connectivity index (χ2v) is 8.89. The van der Waals surface area contributed by atoms with Gasteiger partial charge >= 0.3 is 11.9 Å². The van der Waals surface area contributed by atoms with E-state index < -0.39 is 24.1 Å². The Hall–Kier alpha value is -3.70. The first-order chi connectivity index (χ1) is 18.6. The lowest BCUT2D eigenvalue weighted by Crippen LogP contribution is -2.25. The fourth-order valence-corrected chi connectivity index (χ4v) is 3.87. The van der Waals surface area contributed by atoms with E-state index in [0.29, 0.717) is 29.0 Å². The number of aliphatic hydroxyl groups is 4. The highest BCUT2D eigenvalue weighted by Crippen LogP contribution is 2.30. The molecule has 0 saturated heterocycles. The van der Waals surface area contributed by atoms with Crippen molar-refractivity contribution in [2.45, 2.75) is 45.7 Å². The molecule has 0 fully saturated rings. The van der Waals surface area contributed by atoms with Crippen LogP contribution in [0.4, 0.5) is 0 Å². The number of carbonyl (C=O) groups excluding carboxylic acids is 2. The zero-order valence-corrected chi connectivity index (χ0v) is 22.2. The molecule has 2 aromatic rings. The third kappa shape index (κ3) is 9.84. The number of esters is 2. The molecule has 4 N–H and O–H groups in total. The number of hydrogen-bond acceptors (Lipinski definition) is 10. The van der Waals surface area contributed by atoms with E-state index in [1.54, 1.807) is 12.1 Å². The smallest absolute Gasteiger partial charge is 0.330 e. The number of ether oxygens (including phenoxy) is 4. The topological polar surface area (TPSA) is 152 Å². The Balaban J connectivity index is 2.11. The molecule has 0 radical (unpaired) electrons. The molecule has 2 unspecified atom stereocenters. The largest absolute Gasteiger partial charge is 0.490 e. The van der Waals surface area contributed by atoms with Gasteiger partial charge in [-0.05, 0) is 54.7 Å². The van der Waals surface area contributed by atoms with E-state index in [4.69, 9.17) is 18.9 Å². The summed E-state index contributed by atoms with van der Waals surface area (Å²) in [4.78, 5) is 22.3. The highest BCUT2D eigenvalue weighted by Gasteiger charge is 2.16. The summed E-state index contributed by atoms with van der Waals surface area (Å²) < 4.78 is 21.0. The van der Waals surface area contributed by atoms with E-state index >= 15 is 0 Å². The van der Waals surface area contributed by atoms with Crippen molar-refractivity contribution in [3.8, 4) is 11.5 Å². The standard InChI is InChI=1S/C29H36O10/c1-5-26(34)36-14-24(32)16-38-28-18(3)7-20(10-22(28)12-30)9-21-8-19(4)29(23(11-21)13-31)39-17-25(33)15-37-27(35)6-2/h5-8,10-11,24-25,30-33H,1-2,9,12-17H2,3-4H3. The molecule has 2 atom stereocenters. The predicted molar refractivity (Wildman–Crippen MR) is 142 cm³/mol. The minimum absolute atomic E-state index is 0.135. The molecule has 0 saturated carbocycles. The SMILES string of the molecule is C=CC(=O)OCC(O)COc1c(C)cc(Cc2cc(C)c(OCC(O)COC(=O)C=C)c(CO)c2)cc1CO. The first-order valence-electron chi connectivity index (χ1n) is 12.3. The lowest BCUT2D eigenvalue weighted by Gasteiger charge is -2.19. The Bertz CT molecular complexity index is 1070. The normalized spacial score (nSPS) is 12.3. The molecule has 0 aliphatic carbocycles. The minimum atomic E-state index is -1.05. The Morgan fingerprint density at radius 2 is 1.13 bits per heavy atom. The first-order valence-corrected chi connectivity index (χ1v) is 12.3. The number of hydrogen-bond donors (Lipinski definition) is 4. The van der Waals surface area contributed by atoms with Crippen LogP contribution in [0.2, 0.25) is 0 Å². The highest BCUT2D eigenvalue weighted by atomic mass is 16.6. The minimum Gasteiger partial charge on any atom is -0.490 e. The number of benzene rings is 2. The van der Waals surface area contributed by atoms with Gasteiger partial charge in [-0.15, -0.1) is 0 Å². The summed E-state index contributed by atoms with van der Waals surface area (Å²) in [7, 11) is 0. The zero-order chi connectivity index (χ0) is 28.9. The van der Waals surface area contributed by atoms with Gasteiger partial charge in [0.2, 0.25) is 0 Å². The number of carbonyl (C=O) groups is 2. The van der Waals surface area contributed by atoms with E-state index in [9.17, 15) is 30.0 Å². The summed E-state index contributed by atoms with van der Waals surface area (Å²) in [6.07, 6.45) is 0.389. The van der Waals surface area contributed by atoms with Crippen molar-refractivity contribution in [2.75, 3.05) is 26.4 Å². The second kappa shape index (κ2) is 15.6. The summed E-state index contributed by atoms with van der Waals surface area (Å²) in [5, 5.41) is 39.9. The van der Waals surface area contributed by atoms with Crippen LogP contribution in [0.5, 0.6) is 11.5 Å². The summed E-state index contributed by atoms with van der Waals surface area (Å²) in [5.41, 5.74) is 4.34. The van der Waals surface area contributed by atoms with Crippen molar-refractivity contribution < 1.29 is 49.0 Å². The maximum Gasteiger partial charge on any atom is 0.330 e. The third-order valence-corrected chi connectivity index (χ3v) is 5.58. The van der Waals surface area contributed by atoms with Crippen LogP contribution in [-0.2, 0) is 38.7 Å². The molecule has 2 rings (SSSR count). The molecule has 0 bridgehead atoms. The molecule has 0 amide bonds. The lowest BCUT2D eigenvalue weighted by atomic mass is 9.96. The van der Waals surface area contributed by atoms with Crippen molar-refractivity contribution in [2.24, 2.45) is 0 Å². The van der Waals surface area contributed by atoms with Crippen LogP contribution >= 0.6 is 0 Å². The van der Waals surface area contributed by atoms with Crippen LogP contribution < -0.4 is 9.47 Å². The average molecular weight is 545 g/mol. The van der Waals surface area contributed by atoms with Gasteiger partial charge in [-0.3, -0.25) is 0 Å². The molecule has 39 heavy (non-hydrogen) atoms. The van der Waals surface area contributed by atoms with Gasteiger partial charge in [0.15, 0.2) is 0 Å². The summed E-state index contributed by atoms with van der Waals surface area (Å²) in [5.74, 6) is -0.421. The average Bonchev–Trinajstić information content (AvgIpc) is 2.92. The Morgan fingerprint density at radius 1 is 0.744 bits per heavy atom. The van der Waals surface area contributed by atoms with Crippen LogP contribution in [0.1, 0.15) is 33.4 Å². The van der Waals surface area contributed by atoms with E-state index in [1.165, 1.54) is 0 Å². The molecule has 10 nitrogen and oxygen atoms in total. The first kappa shape index (κ1) is 31.5. The van der Waals surface area contributed by atoms with Gasteiger partial charge in [0.05, 0.1) is 13.2 Å². The van der Waals surface area contributed by atoms with Crippen molar-refractivity contribution in [1.29, 1.82) is 0 Å². The van der Waals surface area contributed by atoms with E-state index in [1.807, 2.05) is 26.0 Å². The van der Waals surface area contributed by atoms with Gasteiger partial charge in [-0.25, -0.2) is 9.59 Å². The van der Waals surface area contributed by atoms with Gasteiger partial charge < -0.3 is 39.4 Å². The molecular formula is C29H36O10. The van der Waals surface area contributed by atoms with Crippen molar-refractivity contribution in [3.63, 3.8) is 0 Å². The maximum absolute atomic E-state index is 11.2. The summed E-state index contributed by atoms with van der Waals surface area (Å²) in [6, 6.07) is 7.40. The van der Waals surface area contributed by atoms with Crippen LogP contribution in [0.25, 0.3) is 0 Å².